The molecule has 0 fully saturated rings. The molecule has 1 aromatic carbocycles. The summed E-state index contributed by atoms with van der Waals surface area (Å²) in [7, 11) is 0. The topological polar surface area (TPSA) is 61.4 Å². The van der Waals surface area contributed by atoms with E-state index in [1.807, 2.05) is 42.6 Å². The van der Waals surface area contributed by atoms with Crippen molar-refractivity contribution in [3.63, 3.8) is 0 Å². The molecule has 0 aliphatic carbocycles. The predicted octanol–water partition coefficient (Wildman–Crippen LogP) is 3.19. The van der Waals surface area contributed by atoms with Crippen molar-refractivity contribution in [3.8, 4) is 0 Å². The van der Waals surface area contributed by atoms with Gasteiger partial charge in [-0.25, -0.2) is 4.79 Å². The summed E-state index contributed by atoms with van der Waals surface area (Å²) in [5.74, 6) is 0.284. The van der Waals surface area contributed by atoms with Gasteiger partial charge in [0.15, 0.2) is 0 Å². The first-order valence-corrected chi connectivity index (χ1v) is 8.24. The molecule has 0 spiro atoms. The van der Waals surface area contributed by atoms with Gasteiger partial charge in [-0.2, -0.15) is 0 Å². The van der Waals surface area contributed by atoms with Crippen LogP contribution in [0.3, 0.4) is 0 Å². The molecule has 0 saturated carbocycles. The first-order valence-electron chi connectivity index (χ1n) is 7.36. The number of hydrogen-bond donors (Lipinski definition) is 3. The van der Waals surface area contributed by atoms with Crippen molar-refractivity contribution in [2.45, 2.75) is 25.9 Å². The Morgan fingerprint density at radius 2 is 1.91 bits per heavy atom. The van der Waals surface area contributed by atoms with Crippen LogP contribution in [0.15, 0.2) is 41.8 Å². The van der Waals surface area contributed by atoms with E-state index in [-0.39, 0.29) is 18.5 Å². The van der Waals surface area contributed by atoms with Crippen LogP contribution in [0.25, 0.3) is 0 Å². The smallest absolute Gasteiger partial charge is 0.314 e. The predicted molar refractivity (Wildman–Crippen MR) is 90.3 cm³/mol. The van der Waals surface area contributed by atoms with E-state index in [0.717, 1.165) is 11.1 Å². The Balaban J connectivity index is 1.75. The molecule has 2 amide bonds. The largest absolute Gasteiger partial charge is 0.387 e. The molecule has 2 rings (SSSR count). The van der Waals surface area contributed by atoms with Gasteiger partial charge in [-0.3, -0.25) is 0 Å². The minimum atomic E-state index is -0.693. The number of carbonyl (C=O) groups is 1. The van der Waals surface area contributed by atoms with Crippen molar-refractivity contribution in [1.29, 1.82) is 0 Å². The zero-order chi connectivity index (χ0) is 15.9. The van der Waals surface area contributed by atoms with Gasteiger partial charge in [0.1, 0.15) is 0 Å². The van der Waals surface area contributed by atoms with Crippen LogP contribution in [0.1, 0.15) is 34.9 Å². The lowest BCUT2D eigenvalue weighted by atomic mass is 10.0. The summed E-state index contributed by atoms with van der Waals surface area (Å²) in [5.41, 5.74) is 1.86. The second-order valence-electron chi connectivity index (χ2n) is 5.38. The lowest BCUT2D eigenvalue weighted by Crippen LogP contribution is -2.39. The van der Waals surface area contributed by atoms with E-state index in [1.165, 1.54) is 4.88 Å². The van der Waals surface area contributed by atoms with Crippen LogP contribution in [-0.2, 0) is 0 Å². The van der Waals surface area contributed by atoms with E-state index < -0.39 is 6.10 Å². The lowest BCUT2D eigenvalue weighted by Gasteiger charge is -2.16. The highest BCUT2D eigenvalue weighted by Crippen LogP contribution is 2.19. The molecule has 0 bridgehead atoms. The second kappa shape index (κ2) is 7.96. The molecular formula is C17H22N2O2S. The van der Waals surface area contributed by atoms with Crippen LogP contribution in [0.4, 0.5) is 4.79 Å². The van der Waals surface area contributed by atoms with Gasteiger partial charge in [0, 0.05) is 23.9 Å². The Hall–Kier alpha value is -1.85. The van der Waals surface area contributed by atoms with Crippen molar-refractivity contribution >= 4 is 17.4 Å². The number of amides is 2. The number of carbonyl (C=O) groups excluding carboxylic acids is 1. The fraction of sp³-hybridized carbons (Fsp3) is 0.353. The Labute approximate surface area is 135 Å². The van der Waals surface area contributed by atoms with Crippen molar-refractivity contribution in [2.75, 3.05) is 13.1 Å². The molecule has 5 heteroatoms. The summed E-state index contributed by atoms with van der Waals surface area (Å²) >= 11 is 1.69. The van der Waals surface area contributed by atoms with Gasteiger partial charge in [0.25, 0.3) is 0 Å². The molecule has 1 aromatic heterocycles. The first-order chi connectivity index (χ1) is 10.6. The van der Waals surface area contributed by atoms with E-state index in [2.05, 4.69) is 23.6 Å². The van der Waals surface area contributed by atoms with Crippen molar-refractivity contribution in [3.05, 3.63) is 57.8 Å². The third kappa shape index (κ3) is 4.58. The van der Waals surface area contributed by atoms with Gasteiger partial charge in [-0.05, 0) is 29.5 Å². The Kier molecular flexibility index (Phi) is 5.98. The van der Waals surface area contributed by atoms with Gasteiger partial charge < -0.3 is 15.7 Å². The zero-order valence-electron chi connectivity index (χ0n) is 12.9. The monoisotopic (exact) mass is 318 g/mol. The average molecular weight is 318 g/mol. The molecule has 2 unspecified atom stereocenters. The quantitative estimate of drug-likeness (QED) is 0.766. The standard InChI is InChI=1S/C17H22N2O2S/c1-12-6-3-4-7-14(12)15(20)11-19-17(21)18-10-13(2)16-8-5-9-22-16/h3-9,13,15,20H,10-11H2,1-2H3,(H2,18,19,21). The molecule has 0 radical (unpaired) electrons. The number of benzene rings is 1. The molecule has 0 aliphatic rings. The van der Waals surface area contributed by atoms with Crippen LogP contribution in [0, 0.1) is 6.92 Å². The average Bonchev–Trinajstić information content (AvgIpc) is 3.05. The molecular weight excluding hydrogens is 296 g/mol. The van der Waals surface area contributed by atoms with Crippen LogP contribution in [-0.4, -0.2) is 24.2 Å². The SMILES string of the molecule is Cc1ccccc1C(O)CNC(=O)NCC(C)c1cccs1. The van der Waals surface area contributed by atoms with Crippen molar-refractivity contribution < 1.29 is 9.90 Å². The number of aliphatic hydroxyl groups excluding tert-OH is 1. The minimum Gasteiger partial charge on any atom is -0.387 e. The number of rotatable bonds is 6. The Morgan fingerprint density at radius 3 is 2.59 bits per heavy atom. The van der Waals surface area contributed by atoms with Crippen LogP contribution in [0.5, 0.6) is 0 Å². The number of urea groups is 1. The molecule has 4 nitrogen and oxygen atoms in total. The van der Waals surface area contributed by atoms with Gasteiger partial charge >= 0.3 is 6.03 Å². The third-order valence-electron chi connectivity index (χ3n) is 3.60. The maximum absolute atomic E-state index is 11.8. The van der Waals surface area contributed by atoms with Crippen LogP contribution < -0.4 is 10.6 Å². The van der Waals surface area contributed by atoms with Gasteiger partial charge in [-0.1, -0.05) is 37.3 Å². The Morgan fingerprint density at radius 1 is 1.18 bits per heavy atom. The van der Waals surface area contributed by atoms with Crippen LogP contribution in [0.2, 0.25) is 0 Å². The van der Waals surface area contributed by atoms with Gasteiger partial charge in [0.05, 0.1) is 6.10 Å². The van der Waals surface area contributed by atoms with E-state index >= 15 is 0 Å². The molecule has 118 valence electrons. The number of aryl methyl sites for hydroxylation is 1. The second-order valence-corrected chi connectivity index (χ2v) is 6.36. The molecule has 1 heterocycles. The molecule has 2 atom stereocenters. The fourth-order valence-corrected chi connectivity index (χ4v) is 3.03. The minimum absolute atomic E-state index is 0.198. The van der Waals surface area contributed by atoms with Crippen molar-refractivity contribution in [1.82, 2.24) is 10.6 Å². The third-order valence-corrected chi connectivity index (χ3v) is 4.70. The van der Waals surface area contributed by atoms with E-state index in [0.29, 0.717) is 6.54 Å². The lowest BCUT2D eigenvalue weighted by molar-refractivity contribution is 0.172. The number of hydrogen-bond acceptors (Lipinski definition) is 3. The fourth-order valence-electron chi connectivity index (χ4n) is 2.24. The molecule has 2 aromatic rings. The summed E-state index contributed by atoms with van der Waals surface area (Å²) < 4.78 is 0. The van der Waals surface area contributed by atoms with E-state index in [9.17, 15) is 9.90 Å². The number of thiophene rings is 1. The molecule has 0 saturated heterocycles. The number of nitrogens with one attached hydrogen (secondary N) is 2. The highest BCUT2D eigenvalue weighted by molar-refractivity contribution is 7.10. The highest BCUT2D eigenvalue weighted by Gasteiger charge is 2.12. The van der Waals surface area contributed by atoms with Gasteiger partial charge in [-0.15, -0.1) is 11.3 Å². The number of aliphatic hydroxyl groups is 1. The van der Waals surface area contributed by atoms with E-state index in [1.54, 1.807) is 11.3 Å². The van der Waals surface area contributed by atoms with Crippen molar-refractivity contribution in [2.24, 2.45) is 0 Å². The zero-order valence-corrected chi connectivity index (χ0v) is 13.7. The molecule has 0 aliphatic heterocycles. The first kappa shape index (κ1) is 16.5. The highest BCUT2D eigenvalue weighted by atomic mass is 32.1. The summed E-state index contributed by atoms with van der Waals surface area (Å²) in [4.78, 5) is 13.1. The summed E-state index contributed by atoms with van der Waals surface area (Å²) in [6.45, 7) is 4.80. The van der Waals surface area contributed by atoms with Crippen LogP contribution >= 0.6 is 11.3 Å². The maximum atomic E-state index is 11.8. The summed E-state index contributed by atoms with van der Waals surface area (Å²) in [6.07, 6.45) is -0.693. The van der Waals surface area contributed by atoms with E-state index in [4.69, 9.17) is 0 Å². The molecule has 3 N–H and O–H groups in total. The molecule has 22 heavy (non-hydrogen) atoms. The summed E-state index contributed by atoms with van der Waals surface area (Å²) in [6, 6.07) is 11.5. The summed E-state index contributed by atoms with van der Waals surface area (Å²) in [5, 5.41) is 17.7. The maximum Gasteiger partial charge on any atom is 0.314 e. The van der Waals surface area contributed by atoms with Gasteiger partial charge in [0.2, 0.25) is 0 Å². The Bertz CT molecular complexity index is 598. The normalized spacial score (nSPS) is 13.4.